The quantitative estimate of drug-likeness (QED) is 0.861. The molecule has 0 aromatic heterocycles. The molecule has 0 spiro atoms. The van der Waals surface area contributed by atoms with Crippen molar-refractivity contribution < 1.29 is 19.5 Å². The van der Waals surface area contributed by atoms with Gasteiger partial charge in [0.15, 0.2) is 0 Å². The van der Waals surface area contributed by atoms with Gasteiger partial charge in [0.05, 0.1) is 18.4 Å². The largest absolute Gasteiger partial charge is 0.481 e. The lowest BCUT2D eigenvalue weighted by Gasteiger charge is -2.22. The van der Waals surface area contributed by atoms with Crippen molar-refractivity contribution in [3.05, 3.63) is 35.4 Å². The number of benzene rings is 1. The van der Waals surface area contributed by atoms with Crippen LogP contribution in [-0.2, 0) is 14.4 Å². The number of likely N-dealkylation sites (tertiary alicyclic amines) is 1. The molecule has 1 aromatic rings. The number of amides is 2. The van der Waals surface area contributed by atoms with E-state index in [9.17, 15) is 14.4 Å². The minimum atomic E-state index is -0.864. The fourth-order valence-corrected chi connectivity index (χ4v) is 2.79. The highest BCUT2D eigenvalue weighted by atomic mass is 16.4. The minimum absolute atomic E-state index is 0.131. The van der Waals surface area contributed by atoms with Crippen LogP contribution in [0.4, 0.5) is 0 Å². The van der Waals surface area contributed by atoms with Crippen LogP contribution < -0.4 is 5.32 Å². The van der Waals surface area contributed by atoms with E-state index in [0.717, 1.165) is 11.1 Å². The van der Waals surface area contributed by atoms with E-state index in [4.69, 9.17) is 5.11 Å². The molecule has 6 nitrogen and oxygen atoms in total. The van der Waals surface area contributed by atoms with Gasteiger partial charge in [0.2, 0.25) is 11.8 Å². The van der Waals surface area contributed by atoms with Gasteiger partial charge in [-0.2, -0.15) is 0 Å². The zero-order valence-electron chi connectivity index (χ0n) is 13.4. The van der Waals surface area contributed by atoms with Gasteiger partial charge in [-0.15, -0.1) is 0 Å². The molecule has 1 fully saturated rings. The van der Waals surface area contributed by atoms with Gasteiger partial charge < -0.3 is 15.3 Å². The van der Waals surface area contributed by atoms with Crippen molar-refractivity contribution in [3.63, 3.8) is 0 Å². The molecule has 1 heterocycles. The van der Waals surface area contributed by atoms with Crippen molar-refractivity contribution in [2.75, 3.05) is 13.1 Å². The zero-order chi connectivity index (χ0) is 17.0. The first kappa shape index (κ1) is 17.0. The van der Waals surface area contributed by atoms with E-state index in [1.807, 2.05) is 31.2 Å². The molecular weight excluding hydrogens is 296 g/mol. The first-order valence-corrected chi connectivity index (χ1v) is 7.71. The van der Waals surface area contributed by atoms with Gasteiger partial charge in [0.25, 0.3) is 0 Å². The molecule has 2 atom stereocenters. The molecule has 2 amide bonds. The maximum Gasteiger partial charge on any atom is 0.308 e. The van der Waals surface area contributed by atoms with Crippen LogP contribution in [0.3, 0.4) is 0 Å². The second-order valence-corrected chi connectivity index (χ2v) is 6.03. The number of nitrogens with zero attached hydrogens (tertiary/aromatic N) is 1. The van der Waals surface area contributed by atoms with E-state index < -0.39 is 17.9 Å². The lowest BCUT2D eigenvalue weighted by Crippen LogP contribution is -2.35. The van der Waals surface area contributed by atoms with Gasteiger partial charge in [-0.3, -0.25) is 14.4 Å². The second-order valence-electron chi connectivity index (χ2n) is 6.03. The Bertz CT molecular complexity index is 597. The highest BCUT2D eigenvalue weighted by Gasteiger charge is 2.31. The standard InChI is InChI=1S/C17H22N2O4/c1-11-3-5-13(6-4-11)15(18-12(2)20)9-16(21)19-8-7-14(10-19)17(22)23/h3-6,14-15H,7-10H2,1-2H3,(H,18,20)(H,22,23). The summed E-state index contributed by atoms with van der Waals surface area (Å²) in [4.78, 5) is 36.4. The molecule has 2 rings (SSSR count). The number of carbonyl (C=O) groups is 3. The van der Waals surface area contributed by atoms with Crippen LogP contribution in [0.2, 0.25) is 0 Å². The van der Waals surface area contributed by atoms with Crippen molar-refractivity contribution in [1.82, 2.24) is 10.2 Å². The lowest BCUT2D eigenvalue weighted by molar-refractivity contribution is -0.141. The van der Waals surface area contributed by atoms with Crippen LogP contribution in [0.25, 0.3) is 0 Å². The first-order chi connectivity index (χ1) is 10.9. The average molecular weight is 318 g/mol. The summed E-state index contributed by atoms with van der Waals surface area (Å²) in [7, 11) is 0. The third-order valence-electron chi connectivity index (χ3n) is 4.13. The van der Waals surface area contributed by atoms with Gasteiger partial charge in [-0.25, -0.2) is 0 Å². The van der Waals surface area contributed by atoms with Crippen LogP contribution >= 0.6 is 0 Å². The molecule has 124 valence electrons. The predicted molar refractivity (Wildman–Crippen MR) is 84.7 cm³/mol. The van der Waals surface area contributed by atoms with Crippen LogP contribution in [0.5, 0.6) is 0 Å². The number of hydrogen-bond acceptors (Lipinski definition) is 3. The fraction of sp³-hybridized carbons (Fsp3) is 0.471. The smallest absolute Gasteiger partial charge is 0.308 e. The van der Waals surface area contributed by atoms with Gasteiger partial charge in [-0.1, -0.05) is 29.8 Å². The number of carboxylic acids is 1. The number of rotatable bonds is 5. The average Bonchev–Trinajstić information content (AvgIpc) is 2.97. The van der Waals surface area contributed by atoms with Gasteiger partial charge in [0, 0.05) is 20.0 Å². The maximum absolute atomic E-state index is 12.4. The Hall–Kier alpha value is -2.37. The molecule has 1 aliphatic rings. The minimum Gasteiger partial charge on any atom is -0.481 e. The monoisotopic (exact) mass is 318 g/mol. The third-order valence-corrected chi connectivity index (χ3v) is 4.13. The van der Waals surface area contributed by atoms with Crippen molar-refractivity contribution in [2.45, 2.75) is 32.7 Å². The van der Waals surface area contributed by atoms with E-state index in [2.05, 4.69) is 5.32 Å². The molecule has 0 bridgehead atoms. The molecule has 23 heavy (non-hydrogen) atoms. The number of aryl methyl sites for hydroxylation is 1. The first-order valence-electron chi connectivity index (χ1n) is 7.71. The molecular formula is C17H22N2O4. The summed E-state index contributed by atoms with van der Waals surface area (Å²) in [6.07, 6.45) is 0.616. The number of carbonyl (C=O) groups excluding carboxylic acids is 2. The summed E-state index contributed by atoms with van der Waals surface area (Å²) < 4.78 is 0. The summed E-state index contributed by atoms with van der Waals surface area (Å²) in [6, 6.07) is 7.26. The normalized spacial score (nSPS) is 18.5. The number of hydrogen-bond donors (Lipinski definition) is 2. The highest BCUT2D eigenvalue weighted by molar-refractivity contribution is 5.80. The van der Waals surface area contributed by atoms with Crippen molar-refractivity contribution in [2.24, 2.45) is 5.92 Å². The summed E-state index contributed by atoms with van der Waals surface area (Å²) in [5, 5.41) is 11.8. The zero-order valence-corrected chi connectivity index (χ0v) is 13.4. The van der Waals surface area contributed by atoms with Crippen LogP contribution in [0.15, 0.2) is 24.3 Å². The number of nitrogens with one attached hydrogen (secondary N) is 1. The van der Waals surface area contributed by atoms with E-state index >= 15 is 0 Å². The Kier molecular flexibility index (Phi) is 5.36. The summed E-state index contributed by atoms with van der Waals surface area (Å²) in [5.41, 5.74) is 1.97. The van der Waals surface area contributed by atoms with Gasteiger partial charge in [0.1, 0.15) is 0 Å². The predicted octanol–water partition coefficient (Wildman–Crippen LogP) is 1.50. The molecule has 1 aromatic carbocycles. The fourth-order valence-electron chi connectivity index (χ4n) is 2.79. The molecule has 6 heteroatoms. The topological polar surface area (TPSA) is 86.7 Å². The van der Waals surface area contributed by atoms with E-state index in [1.54, 1.807) is 4.90 Å². The lowest BCUT2D eigenvalue weighted by atomic mass is 10.0. The van der Waals surface area contributed by atoms with Crippen molar-refractivity contribution >= 4 is 17.8 Å². The van der Waals surface area contributed by atoms with Crippen molar-refractivity contribution in [1.29, 1.82) is 0 Å². The SMILES string of the molecule is CC(=O)NC(CC(=O)N1CCC(C(=O)O)C1)c1ccc(C)cc1. The van der Waals surface area contributed by atoms with Gasteiger partial charge in [-0.05, 0) is 18.9 Å². The Labute approximate surface area is 135 Å². The molecule has 0 radical (unpaired) electrons. The van der Waals surface area contributed by atoms with E-state index in [0.29, 0.717) is 13.0 Å². The Morgan fingerprint density at radius 2 is 1.96 bits per heavy atom. The van der Waals surface area contributed by atoms with E-state index in [-0.39, 0.29) is 24.8 Å². The van der Waals surface area contributed by atoms with Crippen LogP contribution in [0.1, 0.15) is 36.9 Å². The molecule has 0 aliphatic carbocycles. The Balaban J connectivity index is 2.05. The van der Waals surface area contributed by atoms with Crippen LogP contribution in [-0.4, -0.2) is 40.9 Å². The number of aliphatic carboxylic acids is 1. The summed E-state index contributed by atoms with van der Waals surface area (Å²) in [6.45, 7) is 4.09. The summed E-state index contributed by atoms with van der Waals surface area (Å²) in [5.74, 6) is -1.68. The number of carboxylic acid groups (broad SMARTS) is 1. The second kappa shape index (κ2) is 7.26. The highest BCUT2D eigenvalue weighted by Crippen LogP contribution is 2.22. The molecule has 1 aliphatic heterocycles. The third kappa shape index (κ3) is 4.55. The Morgan fingerprint density at radius 1 is 1.30 bits per heavy atom. The molecule has 0 saturated carbocycles. The van der Waals surface area contributed by atoms with Crippen molar-refractivity contribution in [3.8, 4) is 0 Å². The Morgan fingerprint density at radius 3 is 2.48 bits per heavy atom. The summed E-state index contributed by atoms with van der Waals surface area (Å²) >= 11 is 0. The maximum atomic E-state index is 12.4. The molecule has 2 unspecified atom stereocenters. The van der Waals surface area contributed by atoms with Crippen LogP contribution in [0, 0.1) is 12.8 Å². The van der Waals surface area contributed by atoms with E-state index in [1.165, 1.54) is 6.92 Å². The molecule has 2 N–H and O–H groups in total. The van der Waals surface area contributed by atoms with Gasteiger partial charge >= 0.3 is 5.97 Å². The molecule has 1 saturated heterocycles.